The van der Waals surface area contributed by atoms with Gasteiger partial charge in [0.15, 0.2) is 12.4 Å². The Morgan fingerprint density at radius 3 is 2.43 bits per heavy atom. The standard InChI is InChI=1S/C26H25N7O2/c1-2-31-16-20(14-27-31)17-33-18-23(15-28-33)29-26(34)25-12-13-32(30-25)19-35-24-10-8-22(9-11-24)21-6-4-3-5-7-21/h3-16,18H,2,17,19H2,1H3,(H,29,34). The summed E-state index contributed by atoms with van der Waals surface area (Å²) in [6.07, 6.45) is 8.89. The fourth-order valence-electron chi connectivity index (χ4n) is 3.63. The zero-order chi connectivity index (χ0) is 24.0. The van der Waals surface area contributed by atoms with E-state index in [9.17, 15) is 4.79 Å². The molecule has 35 heavy (non-hydrogen) atoms. The van der Waals surface area contributed by atoms with Gasteiger partial charge in [-0.1, -0.05) is 42.5 Å². The number of carbonyl (C=O) groups excluding carboxylic acids is 1. The van der Waals surface area contributed by atoms with Crippen LogP contribution in [0.1, 0.15) is 23.0 Å². The van der Waals surface area contributed by atoms with Gasteiger partial charge in [0, 0.05) is 30.7 Å². The lowest BCUT2D eigenvalue weighted by Crippen LogP contribution is -2.14. The van der Waals surface area contributed by atoms with Crippen molar-refractivity contribution in [1.29, 1.82) is 0 Å². The summed E-state index contributed by atoms with van der Waals surface area (Å²) in [5, 5.41) is 15.7. The van der Waals surface area contributed by atoms with Crippen molar-refractivity contribution in [2.24, 2.45) is 0 Å². The number of hydrogen-bond donors (Lipinski definition) is 1. The number of carbonyl (C=O) groups is 1. The minimum absolute atomic E-state index is 0.196. The first-order chi connectivity index (χ1) is 17.2. The average molecular weight is 468 g/mol. The van der Waals surface area contributed by atoms with Crippen molar-refractivity contribution in [3.8, 4) is 16.9 Å². The molecule has 3 aromatic heterocycles. The Hall–Kier alpha value is -4.66. The van der Waals surface area contributed by atoms with Gasteiger partial charge in [-0.3, -0.25) is 14.2 Å². The highest BCUT2D eigenvalue weighted by Crippen LogP contribution is 2.22. The van der Waals surface area contributed by atoms with Gasteiger partial charge >= 0.3 is 0 Å². The largest absolute Gasteiger partial charge is 0.471 e. The van der Waals surface area contributed by atoms with Crippen LogP contribution < -0.4 is 10.1 Å². The molecule has 9 nitrogen and oxygen atoms in total. The number of amides is 1. The molecule has 1 amide bonds. The van der Waals surface area contributed by atoms with E-state index < -0.39 is 0 Å². The molecule has 5 aromatic rings. The van der Waals surface area contributed by atoms with Crippen molar-refractivity contribution < 1.29 is 9.53 Å². The van der Waals surface area contributed by atoms with Crippen LogP contribution in [0.15, 0.2) is 91.6 Å². The smallest absolute Gasteiger partial charge is 0.276 e. The fourth-order valence-corrected chi connectivity index (χ4v) is 3.63. The topological polar surface area (TPSA) is 91.8 Å². The molecule has 5 rings (SSSR count). The van der Waals surface area contributed by atoms with Crippen LogP contribution in [0.2, 0.25) is 0 Å². The molecule has 176 valence electrons. The predicted octanol–water partition coefficient (Wildman–Crippen LogP) is 4.30. The highest BCUT2D eigenvalue weighted by atomic mass is 16.5. The quantitative estimate of drug-likeness (QED) is 0.349. The third-order valence-electron chi connectivity index (χ3n) is 5.44. The number of nitrogens with zero attached hydrogens (tertiary/aromatic N) is 6. The number of ether oxygens (including phenoxy) is 1. The van der Waals surface area contributed by atoms with Crippen LogP contribution in [0.25, 0.3) is 11.1 Å². The van der Waals surface area contributed by atoms with Crippen LogP contribution in [-0.2, 0) is 19.8 Å². The van der Waals surface area contributed by atoms with E-state index in [4.69, 9.17) is 4.74 Å². The van der Waals surface area contributed by atoms with Crippen molar-refractivity contribution in [2.45, 2.75) is 26.7 Å². The Bertz CT molecular complexity index is 1400. The Morgan fingerprint density at radius 2 is 1.66 bits per heavy atom. The molecule has 2 aromatic carbocycles. The van der Waals surface area contributed by atoms with Crippen molar-refractivity contribution >= 4 is 11.6 Å². The van der Waals surface area contributed by atoms with E-state index in [2.05, 4.69) is 32.7 Å². The van der Waals surface area contributed by atoms with E-state index in [-0.39, 0.29) is 12.6 Å². The van der Waals surface area contributed by atoms with Crippen LogP contribution >= 0.6 is 0 Å². The molecule has 0 aliphatic heterocycles. The molecule has 0 radical (unpaired) electrons. The maximum absolute atomic E-state index is 12.6. The summed E-state index contributed by atoms with van der Waals surface area (Å²) in [4.78, 5) is 12.6. The number of aryl methyl sites for hydroxylation is 1. The molecule has 0 unspecified atom stereocenters. The summed E-state index contributed by atoms with van der Waals surface area (Å²) in [7, 11) is 0. The van der Waals surface area contributed by atoms with Crippen LogP contribution in [0.5, 0.6) is 5.75 Å². The number of aromatic nitrogens is 6. The van der Waals surface area contributed by atoms with E-state index >= 15 is 0 Å². The molecule has 0 saturated heterocycles. The summed E-state index contributed by atoms with van der Waals surface area (Å²) >= 11 is 0. The Labute approximate surface area is 202 Å². The minimum atomic E-state index is -0.311. The number of anilines is 1. The molecule has 0 saturated carbocycles. The summed E-state index contributed by atoms with van der Waals surface area (Å²) in [6, 6.07) is 19.7. The van der Waals surface area contributed by atoms with E-state index in [0.29, 0.717) is 17.9 Å². The first-order valence-electron chi connectivity index (χ1n) is 11.3. The highest BCUT2D eigenvalue weighted by molar-refractivity contribution is 6.02. The lowest BCUT2D eigenvalue weighted by atomic mass is 10.1. The molecule has 0 aliphatic rings. The highest BCUT2D eigenvalue weighted by Gasteiger charge is 2.12. The third kappa shape index (κ3) is 5.47. The molecule has 0 bridgehead atoms. The van der Waals surface area contributed by atoms with Gasteiger partial charge in [0.05, 0.1) is 24.6 Å². The molecular formula is C26H25N7O2. The predicted molar refractivity (Wildman–Crippen MR) is 132 cm³/mol. The van der Waals surface area contributed by atoms with Crippen LogP contribution in [0.3, 0.4) is 0 Å². The van der Waals surface area contributed by atoms with Crippen molar-refractivity contribution in [1.82, 2.24) is 29.3 Å². The Kier molecular flexibility index (Phi) is 6.38. The number of benzene rings is 2. The van der Waals surface area contributed by atoms with Gasteiger partial charge in [-0.25, -0.2) is 4.68 Å². The maximum atomic E-state index is 12.6. The van der Waals surface area contributed by atoms with E-state index in [0.717, 1.165) is 29.0 Å². The molecule has 0 atom stereocenters. The summed E-state index contributed by atoms with van der Waals surface area (Å²) in [5.41, 5.74) is 4.21. The van der Waals surface area contributed by atoms with Gasteiger partial charge in [-0.05, 0) is 36.2 Å². The van der Waals surface area contributed by atoms with Gasteiger partial charge in [-0.2, -0.15) is 15.3 Å². The first kappa shape index (κ1) is 22.1. The Morgan fingerprint density at radius 1 is 0.886 bits per heavy atom. The lowest BCUT2D eigenvalue weighted by Gasteiger charge is -2.07. The summed E-state index contributed by atoms with van der Waals surface area (Å²) in [5.74, 6) is 0.414. The molecular weight excluding hydrogens is 442 g/mol. The van der Waals surface area contributed by atoms with Gasteiger partial charge in [0.1, 0.15) is 5.75 Å². The zero-order valence-electron chi connectivity index (χ0n) is 19.3. The SMILES string of the molecule is CCn1cc(Cn2cc(NC(=O)c3ccn(COc4ccc(-c5ccccc5)cc4)n3)cn2)cn1. The van der Waals surface area contributed by atoms with Gasteiger partial charge < -0.3 is 10.1 Å². The first-order valence-corrected chi connectivity index (χ1v) is 11.3. The minimum Gasteiger partial charge on any atom is -0.471 e. The van der Waals surface area contributed by atoms with Gasteiger partial charge in [0.25, 0.3) is 5.91 Å². The van der Waals surface area contributed by atoms with Crippen LogP contribution in [0, 0.1) is 0 Å². The van der Waals surface area contributed by atoms with Crippen LogP contribution in [0.4, 0.5) is 5.69 Å². The second kappa shape index (κ2) is 10.1. The Balaban J connectivity index is 1.14. The average Bonchev–Trinajstić information content (AvgIpc) is 3.65. The molecule has 1 N–H and O–H groups in total. The normalized spacial score (nSPS) is 10.9. The lowest BCUT2D eigenvalue weighted by molar-refractivity contribution is 0.102. The van der Waals surface area contributed by atoms with Crippen LogP contribution in [-0.4, -0.2) is 35.2 Å². The second-order valence-electron chi connectivity index (χ2n) is 7.99. The monoisotopic (exact) mass is 467 g/mol. The molecule has 0 aliphatic carbocycles. The van der Waals surface area contributed by atoms with E-state index in [1.807, 2.05) is 66.5 Å². The number of hydrogen-bond acceptors (Lipinski definition) is 5. The van der Waals surface area contributed by atoms with Crippen molar-refractivity contribution in [2.75, 3.05) is 5.32 Å². The maximum Gasteiger partial charge on any atom is 0.276 e. The zero-order valence-corrected chi connectivity index (χ0v) is 19.3. The third-order valence-corrected chi connectivity index (χ3v) is 5.44. The molecule has 0 spiro atoms. The summed E-state index contributed by atoms with van der Waals surface area (Å²) < 4.78 is 11.0. The van der Waals surface area contributed by atoms with Crippen molar-refractivity contribution in [3.63, 3.8) is 0 Å². The molecule has 3 heterocycles. The number of rotatable bonds is 9. The number of nitrogens with one attached hydrogen (secondary N) is 1. The second-order valence-corrected chi connectivity index (χ2v) is 7.99. The fraction of sp³-hybridized carbons (Fsp3) is 0.154. The van der Waals surface area contributed by atoms with Gasteiger partial charge in [0.2, 0.25) is 0 Å². The molecule has 0 fully saturated rings. The summed E-state index contributed by atoms with van der Waals surface area (Å²) in [6.45, 7) is 3.63. The molecule has 9 heteroatoms. The van der Waals surface area contributed by atoms with E-state index in [1.165, 1.54) is 0 Å². The van der Waals surface area contributed by atoms with E-state index in [1.54, 1.807) is 34.0 Å². The van der Waals surface area contributed by atoms with Crippen molar-refractivity contribution in [3.05, 3.63) is 103 Å². The van der Waals surface area contributed by atoms with Gasteiger partial charge in [-0.15, -0.1) is 0 Å².